The van der Waals surface area contributed by atoms with Gasteiger partial charge in [0.1, 0.15) is 18.7 Å². The van der Waals surface area contributed by atoms with Crippen molar-refractivity contribution in [3.63, 3.8) is 0 Å². The Morgan fingerprint density at radius 2 is 1.49 bits per heavy atom. The summed E-state index contributed by atoms with van der Waals surface area (Å²) >= 11 is 0. The van der Waals surface area contributed by atoms with Crippen molar-refractivity contribution in [3.05, 3.63) is 42.0 Å². The molecule has 1 heterocycles. The summed E-state index contributed by atoms with van der Waals surface area (Å²) in [6.07, 6.45) is 3.31. The first-order valence-electron chi connectivity index (χ1n) is 17.1. The molecule has 1 aliphatic heterocycles. The molecule has 0 fully saturated rings. The van der Waals surface area contributed by atoms with Crippen molar-refractivity contribution in [1.29, 1.82) is 0 Å². The second-order valence-corrected chi connectivity index (χ2v) is 12.6. The summed E-state index contributed by atoms with van der Waals surface area (Å²) in [6.45, 7) is 2.65. The zero-order chi connectivity index (χ0) is 39.6. The number of amides is 9. The number of benzene rings is 1. The average Bonchev–Trinajstić information content (AvgIpc) is 3.41. The number of unbranched alkanes of at least 4 members (excludes halogenated alkanes) is 2. The Hall–Kier alpha value is -5.62. The highest BCUT2D eigenvalue weighted by Gasteiger charge is 2.31. The van der Waals surface area contributed by atoms with Gasteiger partial charge in [-0.25, -0.2) is 18.4 Å². The molecule has 292 valence electrons. The van der Waals surface area contributed by atoms with Crippen LogP contribution in [0.2, 0.25) is 0 Å². The van der Waals surface area contributed by atoms with Crippen molar-refractivity contribution in [2.75, 3.05) is 31.5 Å². The Kier molecular flexibility index (Phi) is 17.8. The maximum absolute atomic E-state index is 13.7. The lowest BCUT2D eigenvalue weighted by molar-refractivity contribution is -0.137. The summed E-state index contributed by atoms with van der Waals surface area (Å²) in [5.74, 6) is -6.70. The fourth-order valence-corrected chi connectivity index (χ4v) is 4.84. The second kappa shape index (κ2) is 21.7. The fraction of sp³-hybridized carbons (Fsp3) is 0.529. The number of urea groups is 1. The van der Waals surface area contributed by atoms with E-state index in [1.165, 1.54) is 36.4 Å². The Balaban J connectivity index is 1.92. The van der Waals surface area contributed by atoms with Gasteiger partial charge in [0.25, 0.3) is 17.7 Å². The molecule has 9 amide bonds. The summed E-state index contributed by atoms with van der Waals surface area (Å²) in [4.78, 5) is 97.7. The zero-order valence-electron chi connectivity index (χ0n) is 29.9. The molecule has 0 aromatic heterocycles. The Bertz CT molecular complexity index is 1490. The van der Waals surface area contributed by atoms with Crippen LogP contribution in [0.15, 0.2) is 36.4 Å². The topological polar surface area (TPSA) is 247 Å². The van der Waals surface area contributed by atoms with E-state index in [0.717, 1.165) is 11.8 Å². The van der Waals surface area contributed by atoms with Gasteiger partial charge in [-0.15, -0.1) is 0 Å². The molecule has 0 spiro atoms. The smallest absolute Gasteiger partial charge is 0.407 e. The Morgan fingerprint density at radius 3 is 2.09 bits per heavy atom. The molecule has 1 aromatic rings. The van der Waals surface area contributed by atoms with Crippen LogP contribution in [-0.4, -0.2) is 96.7 Å². The van der Waals surface area contributed by atoms with Crippen molar-refractivity contribution in [2.45, 2.75) is 83.9 Å². The van der Waals surface area contributed by atoms with Crippen molar-refractivity contribution in [3.8, 4) is 0 Å². The largest absolute Gasteiger partial charge is 0.445 e. The van der Waals surface area contributed by atoms with Gasteiger partial charge in [0.15, 0.2) is 0 Å². The maximum Gasteiger partial charge on any atom is 0.407 e. The third-order valence-electron chi connectivity index (χ3n) is 7.73. The van der Waals surface area contributed by atoms with E-state index in [1.54, 1.807) is 13.8 Å². The number of nitrogens with zero attached hydrogens (tertiary/aromatic N) is 1. The predicted octanol–water partition coefficient (Wildman–Crippen LogP) is 1.18. The first-order valence-corrected chi connectivity index (χ1v) is 17.1. The summed E-state index contributed by atoms with van der Waals surface area (Å²) in [5.41, 5.74) is 5.91. The van der Waals surface area contributed by atoms with Gasteiger partial charge in [0.05, 0.1) is 13.1 Å². The highest BCUT2D eigenvalue weighted by atomic mass is 19.3. The molecular formula is C34H48F2N8O9. The first kappa shape index (κ1) is 43.5. The SMILES string of the molecule is CC(=O)NCC(F)(F)CNC(=O)OCc1ccc(NC(=O)[C@H](CCCNC(N)=O)NC(=O)[C@@H](NC(=O)CCCCCN2C(=O)C=CC2=O)C(C)C)cc1. The number of imide groups is 1. The van der Waals surface area contributed by atoms with Gasteiger partial charge < -0.3 is 42.4 Å². The van der Waals surface area contributed by atoms with E-state index in [2.05, 4.69) is 21.3 Å². The Morgan fingerprint density at radius 1 is 0.849 bits per heavy atom. The van der Waals surface area contributed by atoms with Gasteiger partial charge in [-0.1, -0.05) is 32.4 Å². The lowest BCUT2D eigenvalue weighted by Crippen LogP contribution is -2.54. The zero-order valence-corrected chi connectivity index (χ0v) is 29.9. The number of nitrogens with one attached hydrogen (secondary N) is 6. The van der Waals surface area contributed by atoms with Gasteiger partial charge in [-0.2, -0.15) is 0 Å². The number of alkyl halides is 2. The molecule has 0 saturated carbocycles. The summed E-state index contributed by atoms with van der Waals surface area (Å²) in [5, 5.41) is 14.4. The number of rotatable bonds is 22. The molecule has 0 radical (unpaired) electrons. The summed E-state index contributed by atoms with van der Waals surface area (Å²) in [6, 6.07) is 3.21. The van der Waals surface area contributed by atoms with Crippen LogP contribution in [0.1, 0.15) is 64.9 Å². The van der Waals surface area contributed by atoms with Gasteiger partial charge in [-0.3, -0.25) is 33.7 Å². The number of nitrogens with two attached hydrogens (primary N) is 1. The number of hydrogen-bond acceptors (Lipinski definition) is 9. The average molecular weight is 751 g/mol. The summed E-state index contributed by atoms with van der Waals surface area (Å²) in [7, 11) is 0. The van der Waals surface area contributed by atoms with Crippen LogP contribution in [0.25, 0.3) is 0 Å². The number of halogens is 2. The van der Waals surface area contributed by atoms with Crippen LogP contribution in [-0.2, 0) is 40.1 Å². The van der Waals surface area contributed by atoms with Crippen molar-refractivity contribution < 1.29 is 51.9 Å². The molecular weight excluding hydrogens is 702 g/mol. The number of carbonyl (C=O) groups is 8. The summed E-state index contributed by atoms with van der Waals surface area (Å²) < 4.78 is 32.4. The van der Waals surface area contributed by atoms with E-state index in [-0.39, 0.29) is 62.6 Å². The van der Waals surface area contributed by atoms with E-state index < -0.39 is 60.9 Å². The number of anilines is 1. The minimum atomic E-state index is -3.38. The van der Waals surface area contributed by atoms with Gasteiger partial charge in [0.2, 0.25) is 23.6 Å². The first-order chi connectivity index (χ1) is 25.0. The molecule has 0 bridgehead atoms. The van der Waals surface area contributed by atoms with E-state index >= 15 is 0 Å². The quantitative estimate of drug-likeness (QED) is 0.0663. The van der Waals surface area contributed by atoms with Crippen LogP contribution in [0.3, 0.4) is 0 Å². The third-order valence-corrected chi connectivity index (χ3v) is 7.73. The lowest BCUT2D eigenvalue weighted by Gasteiger charge is -2.25. The van der Waals surface area contributed by atoms with Gasteiger partial charge in [-0.05, 0) is 49.3 Å². The molecule has 1 aliphatic rings. The standard InChI is InChI=1S/C34H48F2N8O9/c1-21(2)29(43-26(46)9-5-4-6-17-44-27(47)14-15-28(44)48)31(50)42-25(8-7-16-38-32(37)51)30(49)41-24-12-10-23(11-13-24)18-53-33(52)40-20-34(35,36)19-39-22(3)45/h10-15,21,25,29H,4-9,16-20H2,1-3H3,(H,39,45)(H,40,52)(H,41,49)(H,42,50)(H,43,46)(H3,37,38,51)/t25-,29-/m0/s1. The van der Waals surface area contributed by atoms with Gasteiger partial charge in [0, 0.05) is 44.3 Å². The third kappa shape index (κ3) is 17.0. The molecule has 17 nitrogen and oxygen atoms in total. The molecule has 0 aliphatic carbocycles. The molecule has 1 aromatic carbocycles. The Labute approximate surface area is 305 Å². The lowest BCUT2D eigenvalue weighted by atomic mass is 10.0. The van der Waals surface area contributed by atoms with Crippen molar-refractivity contribution >= 4 is 53.3 Å². The number of hydrogen-bond donors (Lipinski definition) is 7. The van der Waals surface area contributed by atoms with Gasteiger partial charge >= 0.3 is 12.1 Å². The molecule has 0 saturated heterocycles. The highest BCUT2D eigenvalue weighted by molar-refractivity contribution is 6.12. The predicted molar refractivity (Wildman–Crippen MR) is 187 cm³/mol. The van der Waals surface area contributed by atoms with E-state index in [1.807, 2.05) is 10.6 Å². The van der Waals surface area contributed by atoms with Crippen LogP contribution in [0.4, 0.5) is 24.1 Å². The van der Waals surface area contributed by atoms with Crippen LogP contribution in [0.5, 0.6) is 0 Å². The fourth-order valence-electron chi connectivity index (χ4n) is 4.84. The molecule has 53 heavy (non-hydrogen) atoms. The number of ether oxygens (including phenoxy) is 1. The van der Waals surface area contributed by atoms with E-state index in [4.69, 9.17) is 10.5 Å². The highest BCUT2D eigenvalue weighted by Crippen LogP contribution is 2.14. The molecule has 2 rings (SSSR count). The molecule has 8 N–H and O–H groups in total. The number of primary amides is 1. The minimum absolute atomic E-state index is 0.0963. The van der Waals surface area contributed by atoms with Crippen molar-refractivity contribution in [1.82, 2.24) is 31.5 Å². The molecule has 2 atom stereocenters. The maximum atomic E-state index is 13.7. The minimum Gasteiger partial charge on any atom is -0.445 e. The monoisotopic (exact) mass is 750 g/mol. The molecule has 19 heteroatoms. The molecule has 0 unspecified atom stereocenters. The van der Waals surface area contributed by atoms with E-state index in [0.29, 0.717) is 30.5 Å². The number of alkyl carbamates (subject to hydrolysis) is 1. The van der Waals surface area contributed by atoms with Crippen LogP contribution >= 0.6 is 0 Å². The second-order valence-electron chi connectivity index (χ2n) is 12.6. The van der Waals surface area contributed by atoms with Crippen LogP contribution < -0.4 is 37.6 Å². The van der Waals surface area contributed by atoms with E-state index in [9.17, 15) is 47.1 Å². The number of carbonyl (C=O) groups excluding carboxylic acids is 8. The van der Waals surface area contributed by atoms with Crippen molar-refractivity contribution in [2.24, 2.45) is 11.7 Å². The normalized spacial score (nSPS) is 13.6. The van der Waals surface area contributed by atoms with Crippen LogP contribution in [0, 0.1) is 5.92 Å².